The number of nitrogens with zero attached hydrogens (tertiary/aromatic N) is 2. The fourth-order valence-corrected chi connectivity index (χ4v) is 3.27. The van der Waals surface area contributed by atoms with Gasteiger partial charge in [0.2, 0.25) is 0 Å². The molecule has 0 aromatic carbocycles. The van der Waals surface area contributed by atoms with Gasteiger partial charge in [0.05, 0.1) is 13.2 Å². The van der Waals surface area contributed by atoms with Crippen molar-refractivity contribution in [3.63, 3.8) is 0 Å². The van der Waals surface area contributed by atoms with Crippen molar-refractivity contribution in [3.8, 4) is 0 Å². The second-order valence-corrected chi connectivity index (χ2v) is 5.46. The van der Waals surface area contributed by atoms with Crippen molar-refractivity contribution in [3.05, 3.63) is 23.8 Å². The van der Waals surface area contributed by atoms with Gasteiger partial charge >= 0.3 is 0 Å². The zero-order valence-electron chi connectivity index (χ0n) is 11.5. The fraction of sp³-hybridized carbons (Fsp3) is 0.667. The largest absolute Gasteiger partial charge is 0.378 e. The van der Waals surface area contributed by atoms with Crippen LogP contribution < -0.4 is 0 Å². The van der Waals surface area contributed by atoms with Gasteiger partial charge in [-0.15, -0.1) is 0 Å². The molecular formula is C15H22N2O2. The lowest BCUT2D eigenvalue weighted by Crippen LogP contribution is -2.42. The second kappa shape index (κ2) is 5.47. The number of likely N-dealkylation sites (N-methyl/N-ethyl adjacent to an activating group) is 1. The Balaban J connectivity index is 1.73. The Morgan fingerprint density at radius 2 is 2.16 bits per heavy atom. The van der Waals surface area contributed by atoms with Crippen LogP contribution in [0.5, 0.6) is 0 Å². The highest BCUT2D eigenvalue weighted by atomic mass is 16.5. The normalized spacial score (nSPS) is 31.2. The molecule has 4 heteroatoms. The Kier molecular flexibility index (Phi) is 3.71. The SMILES string of the molecule is CCN1CCC2C=CC(C(=O)N3CCOCC3)=CC21. The molecule has 3 rings (SSSR count). The molecule has 4 nitrogen and oxygen atoms in total. The quantitative estimate of drug-likeness (QED) is 0.746. The summed E-state index contributed by atoms with van der Waals surface area (Å²) in [6.45, 7) is 7.16. The lowest BCUT2D eigenvalue weighted by molar-refractivity contribution is -0.130. The number of amides is 1. The van der Waals surface area contributed by atoms with E-state index in [0.717, 1.165) is 31.8 Å². The number of likely N-dealkylation sites (tertiary alicyclic amines) is 1. The van der Waals surface area contributed by atoms with Gasteiger partial charge in [0.25, 0.3) is 5.91 Å². The molecule has 2 saturated heterocycles. The molecule has 2 unspecified atom stereocenters. The third kappa shape index (κ3) is 2.47. The average Bonchev–Trinajstić information content (AvgIpc) is 2.89. The molecule has 0 radical (unpaired) electrons. The molecule has 0 N–H and O–H groups in total. The van der Waals surface area contributed by atoms with Gasteiger partial charge in [-0.25, -0.2) is 0 Å². The number of carbonyl (C=O) groups excluding carboxylic acids is 1. The van der Waals surface area contributed by atoms with Crippen LogP contribution in [-0.2, 0) is 9.53 Å². The molecule has 2 heterocycles. The van der Waals surface area contributed by atoms with E-state index >= 15 is 0 Å². The van der Waals surface area contributed by atoms with Gasteiger partial charge in [0, 0.05) is 24.7 Å². The van der Waals surface area contributed by atoms with Gasteiger partial charge in [0.1, 0.15) is 0 Å². The maximum absolute atomic E-state index is 12.5. The molecule has 104 valence electrons. The molecule has 2 fully saturated rings. The molecule has 2 atom stereocenters. The van der Waals surface area contributed by atoms with Crippen LogP contribution in [0.15, 0.2) is 23.8 Å². The lowest BCUT2D eigenvalue weighted by Gasteiger charge is -2.30. The van der Waals surface area contributed by atoms with Crippen LogP contribution >= 0.6 is 0 Å². The number of carbonyl (C=O) groups is 1. The molecule has 3 aliphatic rings. The first kappa shape index (κ1) is 12.9. The summed E-state index contributed by atoms with van der Waals surface area (Å²) in [6.07, 6.45) is 7.65. The Bertz CT molecular complexity index is 410. The van der Waals surface area contributed by atoms with Crippen molar-refractivity contribution in [2.75, 3.05) is 39.4 Å². The highest BCUT2D eigenvalue weighted by Gasteiger charge is 2.33. The van der Waals surface area contributed by atoms with Crippen molar-refractivity contribution in [2.24, 2.45) is 5.92 Å². The summed E-state index contributed by atoms with van der Waals surface area (Å²) in [7, 11) is 0. The summed E-state index contributed by atoms with van der Waals surface area (Å²) in [5, 5.41) is 0. The number of hydrogen-bond donors (Lipinski definition) is 0. The van der Waals surface area contributed by atoms with Crippen molar-refractivity contribution in [2.45, 2.75) is 19.4 Å². The summed E-state index contributed by atoms with van der Waals surface area (Å²) < 4.78 is 5.30. The molecule has 1 amide bonds. The zero-order chi connectivity index (χ0) is 13.2. The van der Waals surface area contributed by atoms with Gasteiger partial charge in [0.15, 0.2) is 0 Å². The number of fused-ring (bicyclic) bond motifs is 1. The van der Waals surface area contributed by atoms with E-state index in [0.29, 0.717) is 25.2 Å². The van der Waals surface area contributed by atoms with Crippen LogP contribution in [0, 0.1) is 5.92 Å². The van der Waals surface area contributed by atoms with Crippen LogP contribution in [0.3, 0.4) is 0 Å². The molecule has 0 saturated carbocycles. The third-order valence-corrected chi connectivity index (χ3v) is 4.43. The van der Waals surface area contributed by atoms with Gasteiger partial charge in [-0.3, -0.25) is 9.69 Å². The van der Waals surface area contributed by atoms with Crippen LogP contribution in [0.2, 0.25) is 0 Å². The maximum Gasteiger partial charge on any atom is 0.253 e. The first-order valence-electron chi connectivity index (χ1n) is 7.30. The fourth-order valence-electron chi connectivity index (χ4n) is 3.27. The third-order valence-electron chi connectivity index (χ3n) is 4.43. The van der Waals surface area contributed by atoms with Crippen LogP contribution in [0.25, 0.3) is 0 Å². The molecule has 1 aliphatic carbocycles. The summed E-state index contributed by atoms with van der Waals surface area (Å²) >= 11 is 0. The highest BCUT2D eigenvalue weighted by molar-refractivity contribution is 5.96. The van der Waals surface area contributed by atoms with Crippen LogP contribution in [0.1, 0.15) is 13.3 Å². The first-order valence-corrected chi connectivity index (χ1v) is 7.30. The molecule has 0 spiro atoms. The summed E-state index contributed by atoms with van der Waals surface area (Å²) in [4.78, 5) is 16.8. The molecular weight excluding hydrogens is 240 g/mol. The van der Waals surface area contributed by atoms with Crippen molar-refractivity contribution in [1.29, 1.82) is 0 Å². The average molecular weight is 262 g/mol. The van der Waals surface area contributed by atoms with E-state index in [2.05, 4.69) is 24.0 Å². The standard InChI is InChI=1S/C15H22N2O2/c1-2-16-6-5-12-3-4-13(11-14(12)16)15(18)17-7-9-19-10-8-17/h3-4,11-12,14H,2,5-10H2,1H3. The number of rotatable bonds is 2. The predicted molar refractivity (Wildman–Crippen MR) is 73.8 cm³/mol. The molecule has 0 aromatic rings. The van der Waals surface area contributed by atoms with Gasteiger partial charge in [-0.05, 0) is 25.4 Å². The van der Waals surface area contributed by atoms with Crippen molar-refractivity contribution in [1.82, 2.24) is 9.80 Å². The molecule has 0 aromatic heterocycles. The van der Waals surface area contributed by atoms with Crippen LogP contribution in [0.4, 0.5) is 0 Å². The Hall–Kier alpha value is -1.13. The maximum atomic E-state index is 12.5. The monoisotopic (exact) mass is 262 g/mol. The molecule has 0 bridgehead atoms. The summed E-state index contributed by atoms with van der Waals surface area (Å²) in [5.41, 5.74) is 0.864. The summed E-state index contributed by atoms with van der Waals surface area (Å²) in [5.74, 6) is 0.766. The Morgan fingerprint density at radius 1 is 1.37 bits per heavy atom. The van der Waals surface area contributed by atoms with Crippen LogP contribution in [-0.4, -0.2) is 61.1 Å². The Labute approximate surface area is 114 Å². The van der Waals surface area contributed by atoms with Gasteiger partial charge in [-0.1, -0.05) is 25.2 Å². The van der Waals surface area contributed by atoms with Gasteiger partial charge < -0.3 is 9.64 Å². The molecule has 2 aliphatic heterocycles. The number of ether oxygens (including phenoxy) is 1. The highest BCUT2D eigenvalue weighted by Crippen LogP contribution is 2.31. The predicted octanol–water partition coefficient (Wildman–Crippen LogP) is 1.05. The smallest absolute Gasteiger partial charge is 0.253 e. The minimum atomic E-state index is 0.168. The van der Waals surface area contributed by atoms with Crippen molar-refractivity contribution < 1.29 is 9.53 Å². The van der Waals surface area contributed by atoms with E-state index in [1.165, 1.54) is 6.42 Å². The van der Waals surface area contributed by atoms with E-state index in [1.54, 1.807) is 0 Å². The topological polar surface area (TPSA) is 32.8 Å². The number of morpholine rings is 1. The Morgan fingerprint density at radius 3 is 2.89 bits per heavy atom. The minimum absolute atomic E-state index is 0.168. The number of hydrogen-bond acceptors (Lipinski definition) is 3. The van der Waals surface area contributed by atoms with E-state index in [4.69, 9.17) is 4.74 Å². The lowest BCUT2D eigenvalue weighted by atomic mass is 9.91. The van der Waals surface area contributed by atoms with E-state index in [-0.39, 0.29) is 5.91 Å². The minimum Gasteiger partial charge on any atom is -0.378 e. The van der Waals surface area contributed by atoms with E-state index < -0.39 is 0 Å². The van der Waals surface area contributed by atoms with Gasteiger partial charge in [-0.2, -0.15) is 0 Å². The van der Waals surface area contributed by atoms with Crippen molar-refractivity contribution >= 4 is 5.91 Å². The summed E-state index contributed by atoms with van der Waals surface area (Å²) in [6, 6.07) is 0.426. The molecule has 19 heavy (non-hydrogen) atoms. The first-order chi connectivity index (χ1) is 9.29. The second-order valence-electron chi connectivity index (χ2n) is 5.46. The van der Waals surface area contributed by atoms with E-state index in [9.17, 15) is 4.79 Å². The zero-order valence-corrected chi connectivity index (χ0v) is 11.5. The van der Waals surface area contributed by atoms with E-state index in [1.807, 2.05) is 11.0 Å².